The smallest absolute Gasteiger partial charge is 0.404 e. The van der Waals surface area contributed by atoms with E-state index in [1.165, 1.54) is 18.3 Å². The number of halogens is 4. The number of rotatable bonds is 3. The fraction of sp³-hybridized carbons (Fsp3) is 0.182. The van der Waals surface area contributed by atoms with Gasteiger partial charge >= 0.3 is 6.36 Å². The third kappa shape index (κ3) is 3.63. The number of hydrogen-bond donors (Lipinski definition) is 1. The average molecular weight is 336 g/mol. The molecule has 0 aliphatic heterocycles. The molecular formula is C11H9BrF3N3O. The van der Waals surface area contributed by atoms with Gasteiger partial charge in [0.25, 0.3) is 0 Å². The predicted octanol–water partition coefficient (Wildman–Crippen LogP) is 3.82. The number of ether oxygens (including phenoxy) is 1. The van der Waals surface area contributed by atoms with Crippen LogP contribution in [0.15, 0.2) is 35.1 Å². The Labute approximate surface area is 115 Å². The van der Waals surface area contributed by atoms with Crippen LogP contribution in [0.4, 0.5) is 24.8 Å². The number of benzene rings is 1. The highest BCUT2D eigenvalue weighted by atomic mass is 79.9. The van der Waals surface area contributed by atoms with Crippen LogP contribution in [0.3, 0.4) is 0 Å². The number of nitrogens with zero attached hydrogens (tertiary/aromatic N) is 2. The standard InChI is InChI=1S/C11H9BrF3N3O/c1-18-5-4-16-10(18)17-8-3-2-7(12)6-9(8)19-11(13,14)15/h2-6H,1H3,(H,16,17). The second-order valence-corrected chi connectivity index (χ2v) is 4.59. The maximum Gasteiger partial charge on any atom is 0.573 e. The molecule has 2 aromatic rings. The molecule has 19 heavy (non-hydrogen) atoms. The van der Waals surface area contributed by atoms with E-state index in [1.807, 2.05) is 0 Å². The van der Waals surface area contributed by atoms with Crippen LogP contribution < -0.4 is 10.1 Å². The number of hydrogen-bond acceptors (Lipinski definition) is 3. The molecule has 2 rings (SSSR count). The minimum Gasteiger partial charge on any atom is -0.404 e. The van der Waals surface area contributed by atoms with E-state index in [1.54, 1.807) is 23.9 Å². The van der Waals surface area contributed by atoms with Gasteiger partial charge in [-0.2, -0.15) is 0 Å². The molecule has 1 N–H and O–H groups in total. The number of aromatic nitrogens is 2. The summed E-state index contributed by atoms with van der Waals surface area (Å²) in [6, 6.07) is 4.31. The van der Waals surface area contributed by atoms with Crippen molar-refractivity contribution in [3.8, 4) is 5.75 Å². The van der Waals surface area contributed by atoms with Crippen molar-refractivity contribution < 1.29 is 17.9 Å². The molecule has 0 saturated heterocycles. The number of aryl methyl sites for hydroxylation is 1. The van der Waals surface area contributed by atoms with Crippen molar-refractivity contribution in [1.29, 1.82) is 0 Å². The molecule has 0 aliphatic rings. The predicted molar refractivity (Wildman–Crippen MR) is 67.3 cm³/mol. The lowest BCUT2D eigenvalue weighted by molar-refractivity contribution is -0.274. The molecule has 0 bridgehead atoms. The quantitative estimate of drug-likeness (QED) is 0.926. The van der Waals surface area contributed by atoms with E-state index in [0.717, 1.165) is 0 Å². The van der Waals surface area contributed by atoms with Crippen molar-refractivity contribution in [2.24, 2.45) is 7.05 Å². The van der Waals surface area contributed by atoms with Gasteiger partial charge in [0.15, 0.2) is 5.75 Å². The van der Waals surface area contributed by atoms with Gasteiger partial charge in [0.2, 0.25) is 5.95 Å². The van der Waals surface area contributed by atoms with Crippen molar-refractivity contribution in [2.45, 2.75) is 6.36 Å². The summed E-state index contributed by atoms with van der Waals surface area (Å²) in [6.07, 6.45) is -1.55. The summed E-state index contributed by atoms with van der Waals surface area (Å²) >= 11 is 3.10. The van der Waals surface area contributed by atoms with Gasteiger partial charge in [-0.25, -0.2) is 4.98 Å². The molecule has 0 amide bonds. The zero-order valence-corrected chi connectivity index (χ0v) is 11.3. The lowest BCUT2D eigenvalue weighted by atomic mass is 10.3. The summed E-state index contributed by atoms with van der Waals surface area (Å²) in [5, 5.41) is 2.78. The summed E-state index contributed by atoms with van der Waals surface area (Å²) in [5.74, 6) is 0.0826. The minimum absolute atomic E-state index is 0.176. The molecule has 1 aromatic heterocycles. The molecule has 0 fully saturated rings. The van der Waals surface area contributed by atoms with Crippen LogP contribution in [0.5, 0.6) is 5.75 Å². The molecule has 0 atom stereocenters. The van der Waals surface area contributed by atoms with E-state index in [-0.39, 0.29) is 11.4 Å². The second-order valence-electron chi connectivity index (χ2n) is 3.68. The Hall–Kier alpha value is -1.70. The van der Waals surface area contributed by atoms with E-state index >= 15 is 0 Å². The third-order valence-corrected chi connectivity index (χ3v) is 2.73. The summed E-state index contributed by atoms with van der Waals surface area (Å²) in [7, 11) is 1.72. The van der Waals surface area contributed by atoms with Crippen LogP contribution in [0.2, 0.25) is 0 Å². The Balaban J connectivity index is 2.32. The highest BCUT2D eigenvalue weighted by Gasteiger charge is 2.32. The maximum absolute atomic E-state index is 12.3. The number of nitrogens with one attached hydrogen (secondary N) is 1. The van der Waals surface area contributed by atoms with Gasteiger partial charge in [-0.05, 0) is 18.2 Å². The Morgan fingerprint density at radius 1 is 1.37 bits per heavy atom. The zero-order chi connectivity index (χ0) is 14.0. The Bertz CT molecular complexity index is 583. The number of alkyl halides is 3. The Morgan fingerprint density at radius 2 is 2.11 bits per heavy atom. The maximum atomic E-state index is 12.3. The third-order valence-electron chi connectivity index (χ3n) is 2.24. The van der Waals surface area contributed by atoms with Gasteiger partial charge in [-0.15, -0.1) is 13.2 Å². The van der Waals surface area contributed by atoms with Crippen LogP contribution in [0, 0.1) is 0 Å². The van der Waals surface area contributed by atoms with Gasteiger partial charge in [-0.1, -0.05) is 15.9 Å². The van der Waals surface area contributed by atoms with Crippen LogP contribution >= 0.6 is 15.9 Å². The highest BCUT2D eigenvalue weighted by molar-refractivity contribution is 9.10. The van der Waals surface area contributed by atoms with Crippen molar-refractivity contribution in [3.63, 3.8) is 0 Å². The lowest BCUT2D eigenvalue weighted by Crippen LogP contribution is -2.18. The first-order valence-corrected chi connectivity index (χ1v) is 5.94. The molecule has 0 saturated carbocycles. The Kier molecular flexibility index (Phi) is 3.70. The van der Waals surface area contributed by atoms with Gasteiger partial charge in [0, 0.05) is 23.9 Å². The molecule has 1 aromatic carbocycles. The van der Waals surface area contributed by atoms with E-state index < -0.39 is 6.36 Å². The topological polar surface area (TPSA) is 39.1 Å². The van der Waals surface area contributed by atoms with Crippen molar-refractivity contribution >= 4 is 27.6 Å². The van der Waals surface area contributed by atoms with E-state index in [2.05, 4.69) is 31.0 Å². The van der Waals surface area contributed by atoms with E-state index in [9.17, 15) is 13.2 Å². The zero-order valence-electron chi connectivity index (χ0n) is 9.70. The molecular weight excluding hydrogens is 327 g/mol. The van der Waals surface area contributed by atoms with E-state index in [4.69, 9.17) is 0 Å². The number of imidazole rings is 1. The van der Waals surface area contributed by atoms with Crippen LogP contribution in [-0.2, 0) is 7.05 Å². The van der Waals surface area contributed by atoms with Crippen molar-refractivity contribution in [2.75, 3.05) is 5.32 Å². The van der Waals surface area contributed by atoms with Crippen molar-refractivity contribution in [3.05, 3.63) is 35.1 Å². The van der Waals surface area contributed by atoms with Gasteiger partial charge in [-0.3, -0.25) is 0 Å². The summed E-state index contributed by atoms with van der Waals surface area (Å²) in [6.45, 7) is 0. The molecule has 0 unspecified atom stereocenters. The van der Waals surface area contributed by atoms with Crippen LogP contribution in [0.1, 0.15) is 0 Å². The molecule has 1 heterocycles. The van der Waals surface area contributed by atoms with E-state index in [0.29, 0.717) is 10.4 Å². The molecule has 0 spiro atoms. The van der Waals surface area contributed by atoms with Gasteiger partial charge < -0.3 is 14.6 Å². The van der Waals surface area contributed by atoms with Crippen LogP contribution in [0.25, 0.3) is 0 Å². The molecule has 4 nitrogen and oxygen atoms in total. The fourth-order valence-electron chi connectivity index (χ4n) is 1.42. The highest BCUT2D eigenvalue weighted by Crippen LogP contribution is 2.34. The van der Waals surface area contributed by atoms with Crippen LogP contribution in [-0.4, -0.2) is 15.9 Å². The number of anilines is 2. The normalized spacial score (nSPS) is 11.4. The fourth-order valence-corrected chi connectivity index (χ4v) is 1.76. The molecule has 0 radical (unpaired) electrons. The van der Waals surface area contributed by atoms with Gasteiger partial charge in [0.1, 0.15) is 0 Å². The Morgan fingerprint density at radius 3 is 2.68 bits per heavy atom. The summed E-state index contributed by atoms with van der Waals surface area (Å²) in [5.41, 5.74) is 0.176. The second kappa shape index (κ2) is 5.12. The van der Waals surface area contributed by atoms with Gasteiger partial charge in [0.05, 0.1) is 5.69 Å². The lowest BCUT2D eigenvalue weighted by Gasteiger charge is -2.14. The largest absolute Gasteiger partial charge is 0.573 e. The molecule has 0 aliphatic carbocycles. The summed E-state index contributed by atoms with van der Waals surface area (Å²) < 4.78 is 43.1. The molecule has 102 valence electrons. The first-order valence-electron chi connectivity index (χ1n) is 5.15. The first-order chi connectivity index (χ1) is 8.85. The SMILES string of the molecule is Cn1ccnc1Nc1ccc(Br)cc1OC(F)(F)F. The first kappa shape index (κ1) is 13.7. The average Bonchev–Trinajstić information content (AvgIpc) is 2.66. The monoisotopic (exact) mass is 335 g/mol. The molecule has 8 heteroatoms. The van der Waals surface area contributed by atoms with Crippen molar-refractivity contribution in [1.82, 2.24) is 9.55 Å². The minimum atomic E-state index is -4.75. The summed E-state index contributed by atoms with van der Waals surface area (Å²) in [4.78, 5) is 3.97.